The smallest absolute Gasteiger partial charge is 0.314 e. The van der Waals surface area contributed by atoms with Gasteiger partial charge in [0.15, 0.2) is 18.1 Å². The predicted molar refractivity (Wildman–Crippen MR) is 82.5 cm³/mol. The van der Waals surface area contributed by atoms with Crippen LogP contribution < -0.4 is 14.2 Å². The maximum absolute atomic E-state index is 12.1. The molecular formula is C16H15NO6. The molecule has 0 radical (unpaired) electrons. The van der Waals surface area contributed by atoms with E-state index in [1.807, 2.05) is 0 Å². The second-order valence-electron chi connectivity index (χ2n) is 4.53. The van der Waals surface area contributed by atoms with E-state index < -0.39 is 4.92 Å². The molecule has 0 aliphatic heterocycles. The molecule has 2 rings (SSSR count). The Hall–Kier alpha value is -3.09. The number of ketones is 1. The molecule has 23 heavy (non-hydrogen) atoms. The van der Waals surface area contributed by atoms with Gasteiger partial charge < -0.3 is 14.2 Å². The van der Waals surface area contributed by atoms with Crippen LogP contribution >= 0.6 is 0 Å². The summed E-state index contributed by atoms with van der Waals surface area (Å²) < 4.78 is 15.2. The first-order chi connectivity index (χ1) is 11.0. The van der Waals surface area contributed by atoms with Gasteiger partial charge in [-0.2, -0.15) is 0 Å². The van der Waals surface area contributed by atoms with Crippen molar-refractivity contribution in [3.05, 3.63) is 58.1 Å². The summed E-state index contributed by atoms with van der Waals surface area (Å²) in [5.41, 5.74) is 0.175. The number of methoxy groups -OCH3 is 2. The molecule has 0 saturated carbocycles. The molecule has 7 nitrogen and oxygen atoms in total. The van der Waals surface area contributed by atoms with Gasteiger partial charge in [-0.15, -0.1) is 0 Å². The van der Waals surface area contributed by atoms with E-state index in [9.17, 15) is 14.9 Å². The van der Waals surface area contributed by atoms with Crippen LogP contribution in [0.1, 0.15) is 10.4 Å². The largest absolute Gasteiger partial charge is 0.497 e. The molecule has 0 aliphatic carbocycles. The molecule has 0 fully saturated rings. The number of Topliss-reactive ketones (excluding diaryl/α,β-unsaturated/α-hetero) is 1. The van der Waals surface area contributed by atoms with Crippen LogP contribution in [-0.2, 0) is 0 Å². The van der Waals surface area contributed by atoms with E-state index in [0.29, 0.717) is 17.1 Å². The quantitative estimate of drug-likeness (QED) is 0.443. The SMILES string of the molecule is COc1ccc(C(=O)COc2ccc(OC)cc2[N+](=O)[O-])cc1. The Morgan fingerprint density at radius 2 is 1.65 bits per heavy atom. The topological polar surface area (TPSA) is 87.9 Å². The van der Waals surface area contributed by atoms with Gasteiger partial charge in [-0.3, -0.25) is 14.9 Å². The molecule has 0 unspecified atom stereocenters. The van der Waals surface area contributed by atoms with Gasteiger partial charge >= 0.3 is 5.69 Å². The van der Waals surface area contributed by atoms with Crippen LogP contribution in [0, 0.1) is 10.1 Å². The number of carbonyl (C=O) groups excluding carboxylic acids is 1. The molecule has 0 spiro atoms. The zero-order valence-corrected chi connectivity index (χ0v) is 12.6. The highest BCUT2D eigenvalue weighted by atomic mass is 16.6. The number of ether oxygens (including phenoxy) is 3. The van der Waals surface area contributed by atoms with Crippen LogP contribution in [0.3, 0.4) is 0 Å². The van der Waals surface area contributed by atoms with E-state index in [-0.39, 0.29) is 23.8 Å². The molecule has 0 saturated heterocycles. The van der Waals surface area contributed by atoms with Gasteiger partial charge in [0.2, 0.25) is 0 Å². The number of nitro benzene ring substituents is 1. The van der Waals surface area contributed by atoms with Gasteiger partial charge in [0.05, 0.1) is 25.2 Å². The van der Waals surface area contributed by atoms with E-state index in [4.69, 9.17) is 14.2 Å². The lowest BCUT2D eigenvalue weighted by molar-refractivity contribution is -0.385. The van der Waals surface area contributed by atoms with Gasteiger partial charge in [-0.1, -0.05) is 0 Å². The van der Waals surface area contributed by atoms with Crippen molar-refractivity contribution in [1.29, 1.82) is 0 Å². The van der Waals surface area contributed by atoms with Crippen molar-refractivity contribution in [2.24, 2.45) is 0 Å². The number of carbonyl (C=O) groups is 1. The highest BCUT2D eigenvalue weighted by molar-refractivity contribution is 5.97. The van der Waals surface area contributed by atoms with Crippen molar-refractivity contribution >= 4 is 11.5 Å². The third kappa shape index (κ3) is 3.97. The maximum atomic E-state index is 12.1. The first-order valence-electron chi connectivity index (χ1n) is 6.67. The van der Waals surface area contributed by atoms with Crippen molar-refractivity contribution in [3.63, 3.8) is 0 Å². The summed E-state index contributed by atoms with van der Waals surface area (Å²) in [6, 6.07) is 10.7. The second kappa shape index (κ2) is 7.26. The third-order valence-corrected chi connectivity index (χ3v) is 3.13. The minimum Gasteiger partial charge on any atom is -0.497 e. The minimum absolute atomic E-state index is 0.0117. The Bertz CT molecular complexity index is 711. The van der Waals surface area contributed by atoms with Gasteiger partial charge in [0.1, 0.15) is 11.5 Å². The monoisotopic (exact) mass is 317 g/mol. The zero-order valence-electron chi connectivity index (χ0n) is 12.6. The molecule has 2 aromatic rings. The van der Waals surface area contributed by atoms with E-state index >= 15 is 0 Å². The lowest BCUT2D eigenvalue weighted by Crippen LogP contribution is -2.12. The molecule has 0 heterocycles. The van der Waals surface area contributed by atoms with Crippen LogP contribution in [0.4, 0.5) is 5.69 Å². The zero-order chi connectivity index (χ0) is 16.8. The molecule has 120 valence electrons. The van der Waals surface area contributed by atoms with E-state index in [0.717, 1.165) is 0 Å². The van der Waals surface area contributed by atoms with Crippen molar-refractivity contribution in [1.82, 2.24) is 0 Å². The fourth-order valence-electron chi connectivity index (χ4n) is 1.89. The highest BCUT2D eigenvalue weighted by Gasteiger charge is 2.18. The number of nitro groups is 1. The molecule has 2 aromatic carbocycles. The maximum Gasteiger partial charge on any atom is 0.314 e. The van der Waals surface area contributed by atoms with Crippen LogP contribution in [0.15, 0.2) is 42.5 Å². The van der Waals surface area contributed by atoms with Gasteiger partial charge in [-0.05, 0) is 36.4 Å². The second-order valence-corrected chi connectivity index (χ2v) is 4.53. The minimum atomic E-state index is -0.588. The lowest BCUT2D eigenvalue weighted by Gasteiger charge is -2.08. The summed E-state index contributed by atoms with van der Waals surface area (Å²) in [6.45, 7) is -0.306. The molecular weight excluding hydrogens is 302 g/mol. The van der Waals surface area contributed by atoms with Crippen molar-refractivity contribution in [2.75, 3.05) is 20.8 Å². The molecule has 0 aliphatic rings. The molecule has 0 aromatic heterocycles. The average molecular weight is 317 g/mol. The van der Waals surface area contributed by atoms with Gasteiger partial charge in [0, 0.05) is 5.56 Å². The van der Waals surface area contributed by atoms with Crippen LogP contribution in [-0.4, -0.2) is 31.5 Å². The van der Waals surface area contributed by atoms with Crippen LogP contribution in [0.2, 0.25) is 0 Å². The highest BCUT2D eigenvalue weighted by Crippen LogP contribution is 2.31. The third-order valence-electron chi connectivity index (χ3n) is 3.13. The number of benzene rings is 2. The van der Waals surface area contributed by atoms with Crippen LogP contribution in [0.5, 0.6) is 17.2 Å². The van der Waals surface area contributed by atoms with Crippen molar-refractivity contribution in [3.8, 4) is 17.2 Å². The predicted octanol–water partition coefficient (Wildman–Crippen LogP) is 2.87. The average Bonchev–Trinajstić information content (AvgIpc) is 2.59. The summed E-state index contributed by atoms with van der Waals surface area (Å²) in [4.78, 5) is 22.5. The Morgan fingerprint density at radius 1 is 1.04 bits per heavy atom. The van der Waals surface area contributed by atoms with E-state index in [1.165, 1.54) is 32.4 Å². The van der Waals surface area contributed by atoms with Gasteiger partial charge in [-0.25, -0.2) is 0 Å². The fraction of sp³-hybridized carbons (Fsp3) is 0.188. The Labute approximate surface area is 132 Å². The number of hydrogen-bond donors (Lipinski definition) is 0. The molecule has 7 heteroatoms. The lowest BCUT2D eigenvalue weighted by atomic mass is 10.1. The summed E-state index contributed by atoms with van der Waals surface area (Å²) >= 11 is 0. The Balaban J connectivity index is 2.10. The number of hydrogen-bond acceptors (Lipinski definition) is 6. The number of rotatable bonds is 7. The van der Waals surface area contributed by atoms with E-state index in [2.05, 4.69) is 0 Å². The molecule has 0 amide bonds. The molecule has 0 atom stereocenters. The first-order valence-corrected chi connectivity index (χ1v) is 6.67. The van der Waals surface area contributed by atoms with Crippen molar-refractivity contribution in [2.45, 2.75) is 0 Å². The standard InChI is InChI=1S/C16H15NO6/c1-21-12-5-3-11(4-6-12)15(18)10-23-16-8-7-13(22-2)9-14(16)17(19)20/h3-9H,10H2,1-2H3. The first kappa shape index (κ1) is 16.3. The van der Waals surface area contributed by atoms with Crippen LogP contribution in [0.25, 0.3) is 0 Å². The van der Waals surface area contributed by atoms with E-state index in [1.54, 1.807) is 24.3 Å². The normalized spacial score (nSPS) is 10.0. The summed E-state index contributed by atoms with van der Waals surface area (Å²) in [5, 5.41) is 11.0. The fourth-order valence-corrected chi connectivity index (χ4v) is 1.89. The molecule has 0 bridgehead atoms. The summed E-state index contributed by atoms with van der Waals surface area (Å²) in [6.07, 6.45) is 0. The van der Waals surface area contributed by atoms with Crippen molar-refractivity contribution < 1.29 is 23.9 Å². The summed E-state index contributed by atoms with van der Waals surface area (Å²) in [5.74, 6) is 0.689. The Morgan fingerprint density at radius 3 is 2.22 bits per heavy atom. The number of nitrogens with zero attached hydrogens (tertiary/aromatic N) is 1. The summed E-state index contributed by atoms with van der Waals surface area (Å²) in [7, 11) is 2.94. The molecule has 0 N–H and O–H groups in total. The Kier molecular flexibility index (Phi) is 5.14. The van der Waals surface area contributed by atoms with Gasteiger partial charge in [0.25, 0.3) is 0 Å².